The number of halogens is 8. The van der Waals surface area contributed by atoms with Crippen LogP contribution in [0.5, 0.6) is 34.5 Å². The fraction of sp³-hybridized carbons (Fsp3) is 0.765. The van der Waals surface area contributed by atoms with E-state index in [0.29, 0.717) is 73.7 Å². The summed E-state index contributed by atoms with van der Waals surface area (Å²) < 4.78 is 148. The molecule has 8 aliphatic rings. The van der Waals surface area contributed by atoms with Gasteiger partial charge in [-0.1, -0.05) is 156 Å². The van der Waals surface area contributed by atoms with E-state index in [2.05, 4.69) is 27.7 Å². The largest absolute Gasteiger partial charge is 0.491 e. The first-order valence-corrected chi connectivity index (χ1v) is 47.9. The van der Waals surface area contributed by atoms with Gasteiger partial charge >= 0.3 is 0 Å². The Morgan fingerprint density at radius 1 is 0.233 bits per heavy atom. The van der Waals surface area contributed by atoms with E-state index in [-0.39, 0.29) is 46.3 Å². The van der Waals surface area contributed by atoms with Crippen LogP contribution >= 0.6 is 0 Å². The van der Waals surface area contributed by atoms with Gasteiger partial charge in [0.25, 0.3) is 0 Å². The maximum Gasteiger partial charge on any atom is 0.204 e. The molecule has 0 aromatic heterocycles. The Labute approximate surface area is 698 Å². The van der Waals surface area contributed by atoms with Crippen LogP contribution in [0.25, 0.3) is 0 Å². The molecule has 0 atom stereocenters. The van der Waals surface area contributed by atoms with E-state index in [1.165, 1.54) is 243 Å². The minimum Gasteiger partial charge on any atom is -0.491 e. The highest BCUT2D eigenvalue weighted by molar-refractivity contribution is 5.44. The molecule has 14 heteroatoms. The molecule has 0 radical (unpaired) electrons. The highest BCUT2D eigenvalue weighted by Crippen LogP contribution is 2.51. The van der Waals surface area contributed by atoms with Crippen molar-refractivity contribution in [2.24, 2.45) is 82.9 Å². The maximum absolute atomic E-state index is 14.8. The Morgan fingerprint density at radius 3 is 0.698 bits per heavy atom. The molecule has 8 aliphatic carbocycles. The molecule has 0 saturated heterocycles. The van der Waals surface area contributed by atoms with Crippen LogP contribution in [0.15, 0.2) is 24.3 Å². The van der Waals surface area contributed by atoms with E-state index in [0.717, 1.165) is 134 Å². The third-order valence-corrected chi connectivity index (χ3v) is 29.8. The molecule has 656 valence electrons. The van der Waals surface area contributed by atoms with Crippen molar-refractivity contribution in [3.63, 3.8) is 0 Å². The summed E-state index contributed by atoms with van der Waals surface area (Å²) in [4.78, 5) is 0. The van der Waals surface area contributed by atoms with Crippen LogP contribution in [0.1, 0.15) is 383 Å². The molecule has 6 nitrogen and oxygen atoms in total. The van der Waals surface area contributed by atoms with E-state index >= 15 is 0 Å². The Bertz CT molecular complexity index is 3480. The smallest absolute Gasteiger partial charge is 0.204 e. The lowest BCUT2D eigenvalue weighted by Crippen LogP contribution is -2.27. The summed E-state index contributed by atoms with van der Waals surface area (Å²) in [6, 6.07) is 6.43. The van der Waals surface area contributed by atoms with E-state index in [4.69, 9.17) is 28.4 Å². The van der Waals surface area contributed by atoms with Gasteiger partial charge in [-0.2, -0.15) is 26.3 Å². The minimum atomic E-state index is -0.949. The lowest BCUT2D eigenvalue weighted by Gasteiger charge is -2.38. The molecule has 8 saturated carbocycles. The van der Waals surface area contributed by atoms with Gasteiger partial charge in [0.15, 0.2) is 46.1 Å². The summed E-state index contributed by atoms with van der Waals surface area (Å²) in [6.07, 6.45) is 57.2. The van der Waals surface area contributed by atoms with Crippen LogP contribution in [0.3, 0.4) is 0 Å². The van der Waals surface area contributed by atoms with Gasteiger partial charge in [0, 0.05) is 0 Å². The molecule has 12 rings (SSSR count). The Kier molecular flexibility index (Phi) is 40.3. The molecule has 4 aromatic rings. The topological polar surface area (TPSA) is 55.4 Å². The van der Waals surface area contributed by atoms with Crippen LogP contribution < -0.4 is 28.4 Å². The quantitative estimate of drug-likeness (QED) is 0.0359. The lowest BCUT2D eigenvalue weighted by atomic mass is 9.67. The first-order chi connectivity index (χ1) is 56.1. The predicted molar refractivity (Wildman–Crippen MR) is 460 cm³/mol. The Balaban J connectivity index is 0.000000177. The highest BCUT2D eigenvalue weighted by atomic mass is 19.2. The van der Waals surface area contributed by atoms with E-state index < -0.39 is 46.5 Å². The zero-order valence-corrected chi connectivity index (χ0v) is 74.4. The molecule has 0 N–H and O–H groups in total. The van der Waals surface area contributed by atoms with E-state index in [1.54, 1.807) is 53.7 Å². The van der Waals surface area contributed by atoms with Crippen molar-refractivity contribution in [2.75, 3.05) is 39.6 Å². The molecule has 0 aliphatic heterocycles. The van der Waals surface area contributed by atoms with Gasteiger partial charge in [0.2, 0.25) is 34.9 Å². The van der Waals surface area contributed by atoms with Crippen LogP contribution in [-0.4, -0.2) is 39.6 Å². The van der Waals surface area contributed by atoms with Crippen LogP contribution in [0.4, 0.5) is 35.1 Å². The standard InChI is InChI=1S/C27H42F2O2.C26H40F2O.C25H38F2O2.C24H36F2O/c1-4-6-7-8-20-9-13-22(14-10-20)23-15-11-21(12-16-23)18-31-27-19(3)17-24(30-5-2)25(28)26(27)29;1-4-6-7-8-19-9-11-20(12-10-19)21-13-15-22(16-14-21)24-18(3)17-23(29-5-2)25(27)26(24)28;1-4-6-18-7-11-20(12-8-18)21-13-9-19(10-14-21)16-29-25-17(3)15-22(28-5-2)23(26)24(25)27;1-4-6-17-7-9-18(10-8-17)19-11-13-20(14-12-19)22-16(3)15-21(27-5-2)23(25)24(22)26/h17,20-23H,4-16,18H2,1-3H3;17,19-22H,4-16H2,1-3H3;15,18-21H,4-14,16H2,1-3H3;15,17-20H,4-14H2,1-3H3. The second-order valence-electron chi connectivity index (χ2n) is 37.6. The van der Waals surface area contributed by atoms with Gasteiger partial charge in [0.1, 0.15) is 0 Å². The summed E-state index contributed by atoms with van der Waals surface area (Å²) in [5.41, 5.74) is 4.05. The van der Waals surface area contributed by atoms with Gasteiger partial charge < -0.3 is 28.4 Å². The molecule has 0 spiro atoms. The summed E-state index contributed by atoms with van der Waals surface area (Å²) in [6.45, 7) is 25.8. The van der Waals surface area contributed by atoms with Crippen molar-refractivity contribution in [2.45, 2.75) is 377 Å². The van der Waals surface area contributed by atoms with Crippen molar-refractivity contribution >= 4 is 0 Å². The highest BCUT2D eigenvalue weighted by Gasteiger charge is 2.38. The molecule has 0 heterocycles. The average Bonchev–Trinajstić information content (AvgIpc) is 0.777. The van der Waals surface area contributed by atoms with Crippen molar-refractivity contribution in [3.8, 4) is 34.5 Å². The third kappa shape index (κ3) is 27.1. The summed E-state index contributed by atoms with van der Waals surface area (Å²) in [5.74, 6) is 5.26. The van der Waals surface area contributed by atoms with Crippen LogP contribution in [0, 0.1) is 157 Å². The van der Waals surface area contributed by atoms with Crippen molar-refractivity contribution in [3.05, 3.63) is 104 Å². The number of hydrogen-bond donors (Lipinski definition) is 0. The van der Waals surface area contributed by atoms with Gasteiger partial charge in [-0.25, -0.2) is 8.78 Å². The second kappa shape index (κ2) is 49.3. The molecule has 0 bridgehead atoms. The normalized spacial score (nSPS) is 27.7. The molecule has 116 heavy (non-hydrogen) atoms. The number of hydrogen-bond acceptors (Lipinski definition) is 6. The van der Waals surface area contributed by atoms with Gasteiger partial charge in [-0.05, 0) is 362 Å². The molecule has 0 unspecified atom stereocenters. The second-order valence-corrected chi connectivity index (χ2v) is 37.6. The van der Waals surface area contributed by atoms with E-state index in [1.807, 2.05) is 13.8 Å². The molecule has 0 amide bonds. The minimum absolute atomic E-state index is 0.0366. The summed E-state index contributed by atoms with van der Waals surface area (Å²) in [5, 5.41) is 0. The molecular weight excluding hydrogens is 1470 g/mol. The van der Waals surface area contributed by atoms with Crippen molar-refractivity contribution in [1.29, 1.82) is 0 Å². The van der Waals surface area contributed by atoms with E-state index in [9.17, 15) is 35.1 Å². The fourth-order valence-corrected chi connectivity index (χ4v) is 23.1. The number of rotatable bonds is 32. The average molecular weight is 1630 g/mol. The van der Waals surface area contributed by atoms with Gasteiger partial charge in [-0.15, -0.1) is 0 Å². The van der Waals surface area contributed by atoms with Gasteiger partial charge in [-0.3, -0.25) is 0 Å². The zero-order chi connectivity index (χ0) is 83.2. The van der Waals surface area contributed by atoms with Crippen molar-refractivity contribution in [1.82, 2.24) is 0 Å². The zero-order valence-electron chi connectivity index (χ0n) is 74.4. The summed E-state index contributed by atoms with van der Waals surface area (Å²) >= 11 is 0. The number of aryl methyl sites for hydroxylation is 4. The first-order valence-electron chi connectivity index (χ1n) is 47.9. The van der Waals surface area contributed by atoms with Crippen molar-refractivity contribution < 1.29 is 63.5 Å². The maximum atomic E-state index is 14.8. The SMILES string of the molecule is CCCC1CCC(C2CCC(COc3c(C)cc(OCC)c(F)c3F)CC2)CC1.CCCC1CCC(C2CCC(c3c(C)cc(OCC)c(F)c3F)CC2)CC1.CCCCCC1CCC(C2CCC(COc3c(C)cc(OCC)c(F)c3F)CC2)CC1.CCCCCC1CCC(C2CCC(c3c(C)cc(OCC)c(F)c3F)CC2)CC1. The molecule has 4 aromatic carbocycles. The number of benzene rings is 4. The van der Waals surface area contributed by atoms with Crippen LogP contribution in [-0.2, 0) is 0 Å². The third-order valence-electron chi connectivity index (χ3n) is 29.8. The number of unbranched alkanes of at least 4 members (excludes halogenated alkanes) is 4. The predicted octanol–water partition coefficient (Wildman–Crippen LogP) is 31.6. The lowest BCUT2D eigenvalue weighted by molar-refractivity contribution is 0.119. The van der Waals surface area contributed by atoms with Gasteiger partial charge in [0.05, 0.1) is 39.6 Å². The molecular formula is C102H156F8O6. The van der Waals surface area contributed by atoms with Crippen LogP contribution in [0.2, 0.25) is 0 Å². The Morgan fingerprint density at radius 2 is 0.457 bits per heavy atom. The number of ether oxygens (including phenoxy) is 6. The monoisotopic (exact) mass is 1630 g/mol. The Hall–Kier alpha value is -4.88. The summed E-state index contributed by atoms with van der Waals surface area (Å²) in [7, 11) is 0. The fourth-order valence-electron chi connectivity index (χ4n) is 23.1. The first kappa shape index (κ1) is 95.0. The molecule has 8 fully saturated rings.